The van der Waals surface area contributed by atoms with E-state index < -0.39 is 41.4 Å². The number of aromatic nitrogens is 2. The van der Waals surface area contributed by atoms with Crippen molar-refractivity contribution in [2.24, 2.45) is 0 Å². The van der Waals surface area contributed by atoms with Gasteiger partial charge in [0.15, 0.2) is 0 Å². The molecule has 2 heterocycles. The van der Waals surface area contributed by atoms with Crippen molar-refractivity contribution in [3.05, 3.63) is 81.0 Å². The molecule has 0 bridgehead atoms. The first-order valence-corrected chi connectivity index (χ1v) is 10.7. The number of hydrogen-bond donors (Lipinski definition) is 2. The van der Waals surface area contributed by atoms with Gasteiger partial charge in [0.2, 0.25) is 5.91 Å². The fourth-order valence-corrected chi connectivity index (χ4v) is 4.33. The van der Waals surface area contributed by atoms with Gasteiger partial charge in [-0.1, -0.05) is 42.0 Å². The number of carboxylic acids is 1. The van der Waals surface area contributed by atoms with Gasteiger partial charge in [0.1, 0.15) is 17.2 Å². The lowest BCUT2D eigenvalue weighted by Crippen LogP contribution is -2.30. The van der Waals surface area contributed by atoms with Gasteiger partial charge in [0.05, 0.1) is 22.2 Å². The average molecular weight is 487 g/mol. The van der Waals surface area contributed by atoms with Crippen molar-refractivity contribution < 1.29 is 27.9 Å². The SMILES string of the molecule is Cc1ccc(-c2nc3scc(C(=O)O)c3c(=O)n2CC(=O)Nc2ccccc2C(F)(F)F)cc1. The first-order chi connectivity index (χ1) is 16.1. The standard InChI is InChI=1S/C23H16F3N3O4S/c1-12-6-8-13(9-7-12)19-28-20-18(14(11-34-20)22(32)33)21(31)29(19)10-17(30)27-16-5-3-2-4-15(16)23(24,25)26/h2-9,11H,10H2,1H3,(H,27,30)(H,32,33). The topological polar surface area (TPSA) is 101 Å². The summed E-state index contributed by atoms with van der Waals surface area (Å²) in [5.74, 6) is -2.14. The smallest absolute Gasteiger partial charge is 0.418 e. The molecule has 2 aromatic heterocycles. The minimum atomic E-state index is -4.69. The Morgan fingerprint density at radius 3 is 2.44 bits per heavy atom. The molecule has 4 rings (SSSR count). The van der Waals surface area contributed by atoms with Crippen LogP contribution in [0.4, 0.5) is 18.9 Å². The second-order valence-corrected chi connectivity index (χ2v) is 8.28. The Bertz CT molecular complexity index is 1470. The molecule has 0 aliphatic carbocycles. The van der Waals surface area contributed by atoms with Crippen LogP contribution in [0, 0.1) is 6.92 Å². The number of benzene rings is 2. The van der Waals surface area contributed by atoms with Crippen molar-refractivity contribution in [1.29, 1.82) is 0 Å². The van der Waals surface area contributed by atoms with Crippen LogP contribution in [0.3, 0.4) is 0 Å². The molecule has 11 heteroatoms. The Morgan fingerprint density at radius 1 is 1.12 bits per heavy atom. The van der Waals surface area contributed by atoms with Gasteiger partial charge in [-0.05, 0) is 19.1 Å². The van der Waals surface area contributed by atoms with Crippen LogP contribution in [0.5, 0.6) is 0 Å². The Labute approximate surface area is 194 Å². The zero-order valence-electron chi connectivity index (χ0n) is 17.5. The van der Waals surface area contributed by atoms with E-state index in [4.69, 9.17) is 0 Å². The van der Waals surface area contributed by atoms with Crippen LogP contribution in [0.25, 0.3) is 21.6 Å². The number of nitrogens with zero attached hydrogens (tertiary/aromatic N) is 2. The van der Waals surface area contributed by atoms with Crippen molar-refractivity contribution in [1.82, 2.24) is 9.55 Å². The number of amides is 1. The van der Waals surface area contributed by atoms with E-state index in [0.29, 0.717) is 5.56 Å². The lowest BCUT2D eigenvalue weighted by Gasteiger charge is -2.16. The monoisotopic (exact) mass is 487 g/mol. The Kier molecular flexibility index (Phi) is 5.96. The molecule has 0 saturated carbocycles. The van der Waals surface area contributed by atoms with Crippen LogP contribution in [0.1, 0.15) is 21.5 Å². The van der Waals surface area contributed by atoms with Crippen molar-refractivity contribution in [3.63, 3.8) is 0 Å². The Morgan fingerprint density at radius 2 is 1.79 bits per heavy atom. The summed E-state index contributed by atoms with van der Waals surface area (Å²) < 4.78 is 40.9. The summed E-state index contributed by atoms with van der Waals surface area (Å²) in [4.78, 5) is 42.2. The van der Waals surface area contributed by atoms with Crippen LogP contribution in [-0.2, 0) is 17.5 Å². The van der Waals surface area contributed by atoms with Gasteiger partial charge in [-0.15, -0.1) is 11.3 Å². The molecule has 0 saturated heterocycles. The number of hydrogen-bond acceptors (Lipinski definition) is 5. The predicted octanol–water partition coefficient (Wildman–Crippen LogP) is 4.79. The summed E-state index contributed by atoms with van der Waals surface area (Å²) >= 11 is 0.972. The number of fused-ring (bicyclic) bond motifs is 1. The van der Waals surface area contributed by atoms with Crippen molar-refractivity contribution >= 4 is 39.1 Å². The molecule has 0 aliphatic rings. The van der Waals surface area contributed by atoms with Gasteiger partial charge in [0.25, 0.3) is 5.56 Å². The van der Waals surface area contributed by atoms with Gasteiger partial charge in [-0.3, -0.25) is 14.2 Å². The average Bonchev–Trinajstić information content (AvgIpc) is 3.20. The number of halogens is 3. The maximum absolute atomic E-state index is 13.3. The number of rotatable bonds is 5. The highest BCUT2D eigenvalue weighted by Crippen LogP contribution is 2.34. The highest BCUT2D eigenvalue weighted by Gasteiger charge is 2.33. The number of para-hydroxylation sites is 1. The molecular formula is C23H16F3N3O4S. The van der Waals surface area contributed by atoms with Crippen LogP contribution >= 0.6 is 11.3 Å². The molecular weight excluding hydrogens is 471 g/mol. The molecule has 0 radical (unpaired) electrons. The number of aryl methyl sites for hydroxylation is 1. The molecule has 0 fully saturated rings. The molecule has 0 aliphatic heterocycles. The predicted molar refractivity (Wildman–Crippen MR) is 121 cm³/mol. The lowest BCUT2D eigenvalue weighted by molar-refractivity contribution is -0.137. The number of nitrogens with one attached hydrogen (secondary N) is 1. The maximum Gasteiger partial charge on any atom is 0.418 e. The maximum atomic E-state index is 13.3. The first kappa shape index (κ1) is 23.2. The molecule has 34 heavy (non-hydrogen) atoms. The van der Waals surface area contributed by atoms with Crippen LogP contribution in [0.15, 0.2) is 58.7 Å². The fraction of sp³-hybridized carbons (Fsp3) is 0.130. The van der Waals surface area contributed by atoms with E-state index in [1.165, 1.54) is 17.5 Å². The summed E-state index contributed by atoms with van der Waals surface area (Å²) in [7, 11) is 0. The van der Waals surface area contributed by atoms with E-state index in [1.807, 2.05) is 6.92 Å². The molecule has 7 nitrogen and oxygen atoms in total. The van der Waals surface area contributed by atoms with Crippen molar-refractivity contribution in [3.8, 4) is 11.4 Å². The highest BCUT2D eigenvalue weighted by atomic mass is 32.1. The van der Waals surface area contributed by atoms with Crippen LogP contribution < -0.4 is 10.9 Å². The summed E-state index contributed by atoms with van der Waals surface area (Å²) in [6, 6.07) is 11.4. The third-order valence-corrected chi connectivity index (χ3v) is 5.91. The summed E-state index contributed by atoms with van der Waals surface area (Å²) in [6.07, 6.45) is -4.69. The number of alkyl halides is 3. The number of carbonyl (C=O) groups excluding carboxylic acids is 1. The number of carboxylic acid groups (broad SMARTS) is 1. The summed E-state index contributed by atoms with van der Waals surface area (Å²) in [5.41, 5.74) is -1.11. The lowest BCUT2D eigenvalue weighted by atomic mass is 10.1. The third-order valence-electron chi connectivity index (χ3n) is 5.04. The zero-order valence-corrected chi connectivity index (χ0v) is 18.3. The molecule has 2 aromatic carbocycles. The number of aromatic carboxylic acids is 1. The van der Waals surface area contributed by atoms with Gasteiger partial charge in [-0.2, -0.15) is 13.2 Å². The van der Waals surface area contributed by atoms with Gasteiger partial charge >= 0.3 is 12.1 Å². The Balaban J connectivity index is 1.81. The van der Waals surface area contributed by atoms with E-state index in [1.54, 1.807) is 24.3 Å². The van der Waals surface area contributed by atoms with Gasteiger partial charge in [-0.25, -0.2) is 9.78 Å². The van der Waals surface area contributed by atoms with E-state index in [9.17, 15) is 32.7 Å². The van der Waals surface area contributed by atoms with E-state index in [-0.39, 0.29) is 21.6 Å². The third kappa shape index (κ3) is 4.42. The molecule has 2 N–H and O–H groups in total. The number of anilines is 1. The molecule has 0 unspecified atom stereocenters. The zero-order chi connectivity index (χ0) is 24.6. The highest BCUT2D eigenvalue weighted by molar-refractivity contribution is 7.17. The fourth-order valence-electron chi connectivity index (χ4n) is 3.42. The first-order valence-electron chi connectivity index (χ1n) is 9.84. The van der Waals surface area contributed by atoms with E-state index >= 15 is 0 Å². The molecule has 174 valence electrons. The largest absolute Gasteiger partial charge is 0.478 e. The quantitative estimate of drug-likeness (QED) is 0.422. The van der Waals surface area contributed by atoms with Gasteiger partial charge < -0.3 is 10.4 Å². The van der Waals surface area contributed by atoms with Crippen LogP contribution in [0.2, 0.25) is 0 Å². The molecule has 4 aromatic rings. The van der Waals surface area contributed by atoms with E-state index in [2.05, 4.69) is 10.3 Å². The van der Waals surface area contributed by atoms with Crippen molar-refractivity contribution in [2.75, 3.05) is 5.32 Å². The second-order valence-electron chi connectivity index (χ2n) is 7.42. The number of thiophene rings is 1. The van der Waals surface area contributed by atoms with E-state index in [0.717, 1.165) is 33.6 Å². The van der Waals surface area contributed by atoms with Crippen LogP contribution in [-0.4, -0.2) is 26.5 Å². The van der Waals surface area contributed by atoms with Crippen molar-refractivity contribution in [2.45, 2.75) is 19.6 Å². The minimum Gasteiger partial charge on any atom is -0.478 e. The second kappa shape index (κ2) is 8.75. The van der Waals surface area contributed by atoms with Gasteiger partial charge in [0, 0.05) is 10.9 Å². The number of carbonyl (C=O) groups is 2. The molecule has 1 amide bonds. The summed E-state index contributed by atoms with van der Waals surface area (Å²) in [5, 5.41) is 12.7. The summed E-state index contributed by atoms with van der Waals surface area (Å²) in [6.45, 7) is 1.18. The molecule has 0 atom stereocenters. The molecule has 0 spiro atoms. The minimum absolute atomic E-state index is 0.0931. The normalized spacial score (nSPS) is 11.5. The Hall–Kier alpha value is -3.99.